The van der Waals surface area contributed by atoms with E-state index >= 15 is 0 Å². The molecule has 0 saturated carbocycles. The lowest BCUT2D eigenvalue weighted by Gasteiger charge is -2.07. The SMILES string of the molecule is CCCCC(N)c1cc(Br)cs1. The van der Waals surface area contributed by atoms with E-state index in [2.05, 4.69) is 34.3 Å². The van der Waals surface area contributed by atoms with Crippen LogP contribution in [-0.4, -0.2) is 0 Å². The first-order chi connectivity index (χ1) is 5.74. The molecule has 3 heteroatoms. The van der Waals surface area contributed by atoms with E-state index in [1.54, 1.807) is 11.3 Å². The average Bonchev–Trinajstić information content (AvgIpc) is 2.47. The first-order valence-corrected chi connectivity index (χ1v) is 5.90. The van der Waals surface area contributed by atoms with Crippen molar-refractivity contribution in [2.24, 2.45) is 5.73 Å². The molecule has 0 fully saturated rings. The summed E-state index contributed by atoms with van der Waals surface area (Å²) < 4.78 is 1.15. The molecule has 1 aromatic rings. The second-order valence-corrected chi connectivity index (χ2v) is 4.77. The third-order valence-corrected chi connectivity index (χ3v) is 3.65. The van der Waals surface area contributed by atoms with Gasteiger partial charge in [-0.1, -0.05) is 19.8 Å². The molecule has 68 valence electrons. The van der Waals surface area contributed by atoms with Crippen LogP contribution in [0.5, 0.6) is 0 Å². The van der Waals surface area contributed by atoms with Crippen molar-refractivity contribution < 1.29 is 0 Å². The summed E-state index contributed by atoms with van der Waals surface area (Å²) in [4.78, 5) is 1.29. The number of hydrogen-bond acceptors (Lipinski definition) is 2. The molecular formula is C9H14BrNS. The molecule has 2 N–H and O–H groups in total. The minimum atomic E-state index is 0.237. The molecule has 1 atom stereocenters. The first kappa shape index (κ1) is 10.2. The first-order valence-electron chi connectivity index (χ1n) is 4.23. The van der Waals surface area contributed by atoms with Crippen molar-refractivity contribution in [2.45, 2.75) is 32.2 Å². The Bertz CT molecular complexity index is 234. The van der Waals surface area contributed by atoms with Crippen LogP contribution in [0.25, 0.3) is 0 Å². The van der Waals surface area contributed by atoms with E-state index in [1.165, 1.54) is 17.7 Å². The van der Waals surface area contributed by atoms with E-state index in [-0.39, 0.29) is 6.04 Å². The van der Waals surface area contributed by atoms with Crippen molar-refractivity contribution in [3.05, 3.63) is 20.8 Å². The third kappa shape index (κ3) is 2.88. The Balaban J connectivity index is 2.47. The smallest absolute Gasteiger partial charge is 0.0390 e. The molecule has 1 nitrogen and oxygen atoms in total. The van der Waals surface area contributed by atoms with Gasteiger partial charge in [-0.2, -0.15) is 0 Å². The summed E-state index contributed by atoms with van der Waals surface area (Å²) in [6.45, 7) is 2.19. The quantitative estimate of drug-likeness (QED) is 0.863. The predicted molar refractivity (Wildman–Crippen MR) is 58.5 cm³/mol. The molecule has 12 heavy (non-hydrogen) atoms. The average molecular weight is 248 g/mol. The molecule has 0 bridgehead atoms. The number of hydrogen-bond donors (Lipinski definition) is 1. The summed E-state index contributed by atoms with van der Waals surface area (Å²) in [7, 11) is 0. The molecule has 0 spiro atoms. The third-order valence-electron chi connectivity index (χ3n) is 1.82. The van der Waals surface area contributed by atoms with E-state index in [4.69, 9.17) is 5.73 Å². The van der Waals surface area contributed by atoms with Gasteiger partial charge < -0.3 is 5.73 Å². The van der Waals surface area contributed by atoms with Crippen LogP contribution in [0.3, 0.4) is 0 Å². The Morgan fingerprint density at radius 1 is 1.67 bits per heavy atom. The molecule has 1 aromatic heterocycles. The summed E-state index contributed by atoms with van der Waals surface area (Å²) in [6, 6.07) is 2.35. The molecule has 1 heterocycles. The predicted octanol–water partition coefficient (Wildman–Crippen LogP) is 3.70. The highest BCUT2D eigenvalue weighted by atomic mass is 79.9. The Labute approximate surface area is 86.1 Å². The van der Waals surface area contributed by atoms with Gasteiger partial charge in [0.25, 0.3) is 0 Å². The summed E-state index contributed by atoms with van der Waals surface area (Å²) in [6.07, 6.45) is 3.54. The highest BCUT2D eigenvalue weighted by Gasteiger charge is 2.06. The zero-order chi connectivity index (χ0) is 8.97. The number of rotatable bonds is 4. The van der Waals surface area contributed by atoms with Crippen LogP contribution in [0.2, 0.25) is 0 Å². The fraction of sp³-hybridized carbons (Fsp3) is 0.556. The minimum absolute atomic E-state index is 0.237. The second-order valence-electron chi connectivity index (χ2n) is 2.92. The van der Waals surface area contributed by atoms with Gasteiger partial charge in [-0.05, 0) is 28.4 Å². The highest BCUT2D eigenvalue weighted by molar-refractivity contribution is 9.10. The van der Waals surface area contributed by atoms with Gasteiger partial charge in [0.15, 0.2) is 0 Å². The van der Waals surface area contributed by atoms with Gasteiger partial charge in [0, 0.05) is 20.8 Å². The standard InChI is InChI=1S/C9H14BrNS/c1-2-3-4-8(11)9-5-7(10)6-12-9/h5-6,8H,2-4,11H2,1H3. The van der Waals surface area contributed by atoms with Crippen molar-refractivity contribution in [1.29, 1.82) is 0 Å². The van der Waals surface area contributed by atoms with Crippen molar-refractivity contribution in [3.63, 3.8) is 0 Å². The maximum Gasteiger partial charge on any atom is 0.0390 e. The molecule has 0 aliphatic carbocycles. The van der Waals surface area contributed by atoms with Crippen LogP contribution in [-0.2, 0) is 0 Å². The topological polar surface area (TPSA) is 26.0 Å². The summed E-state index contributed by atoms with van der Waals surface area (Å²) in [5, 5.41) is 2.08. The van der Waals surface area contributed by atoms with Gasteiger partial charge in [-0.15, -0.1) is 11.3 Å². The maximum atomic E-state index is 5.98. The molecule has 0 radical (unpaired) electrons. The van der Waals surface area contributed by atoms with Crippen LogP contribution in [0.1, 0.15) is 37.1 Å². The number of thiophene rings is 1. The monoisotopic (exact) mass is 247 g/mol. The van der Waals surface area contributed by atoms with Crippen LogP contribution in [0.15, 0.2) is 15.9 Å². The summed E-state index contributed by atoms with van der Waals surface area (Å²) >= 11 is 5.16. The fourth-order valence-corrected chi connectivity index (χ4v) is 2.57. The van der Waals surface area contributed by atoms with Crippen molar-refractivity contribution >= 4 is 27.3 Å². The van der Waals surface area contributed by atoms with Crippen LogP contribution >= 0.6 is 27.3 Å². The van der Waals surface area contributed by atoms with Gasteiger partial charge in [0.1, 0.15) is 0 Å². The van der Waals surface area contributed by atoms with Crippen molar-refractivity contribution in [1.82, 2.24) is 0 Å². The molecule has 0 aromatic carbocycles. The Morgan fingerprint density at radius 3 is 2.92 bits per heavy atom. The van der Waals surface area contributed by atoms with E-state index in [0.717, 1.165) is 10.9 Å². The van der Waals surface area contributed by atoms with Gasteiger partial charge in [-0.3, -0.25) is 0 Å². The maximum absolute atomic E-state index is 5.98. The van der Waals surface area contributed by atoms with Crippen LogP contribution < -0.4 is 5.73 Å². The van der Waals surface area contributed by atoms with Crippen LogP contribution in [0, 0.1) is 0 Å². The fourth-order valence-electron chi connectivity index (χ4n) is 1.09. The van der Waals surface area contributed by atoms with E-state index in [1.807, 2.05) is 0 Å². The van der Waals surface area contributed by atoms with Gasteiger partial charge in [0.05, 0.1) is 0 Å². The minimum Gasteiger partial charge on any atom is -0.323 e. The molecular weight excluding hydrogens is 234 g/mol. The number of unbranched alkanes of at least 4 members (excludes halogenated alkanes) is 1. The van der Waals surface area contributed by atoms with Crippen molar-refractivity contribution in [2.75, 3.05) is 0 Å². The second kappa shape index (κ2) is 5.00. The lowest BCUT2D eigenvalue weighted by atomic mass is 10.1. The van der Waals surface area contributed by atoms with E-state index in [9.17, 15) is 0 Å². The normalized spacial score (nSPS) is 13.2. The Kier molecular flexibility index (Phi) is 4.26. The van der Waals surface area contributed by atoms with E-state index < -0.39 is 0 Å². The molecule has 0 amide bonds. The molecule has 1 rings (SSSR count). The lowest BCUT2D eigenvalue weighted by Crippen LogP contribution is -2.07. The number of halogens is 1. The zero-order valence-electron chi connectivity index (χ0n) is 7.22. The van der Waals surface area contributed by atoms with Crippen molar-refractivity contribution in [3.8, 4) is 0 Å². The number of nitrogens with two attached hydrogens (primary N) is 1. The van der Waals surface area contributed by atoms with Crippen LogP contribution in [0.4, 0.5) is 0 Å². The van der Waals surface area contributed by atoms with Gasteiger partial charge in [0.2, 0.25) is 0 Å². The summed E-state index contributed by atoms with van der Waals surface area (Å²) in [5.74, 6) is 0. The molecule has 1 unspecified atom stereocenters. The Morgan fingerprint density at radius 2 is 2.42 bits per heavy atom. The van der Waals surface area contributed by atoms with Gasteiger partial charge >= 0.3 is 0 Å². The van der Waals surface area contributed by atoms with Gasteiger partial charge in [-0.25, -0.2) is 0 Å². The zero-order valence-corrected chi connectivity index (χ0v) is 9.62. The lowest BCUT2D eigenvalue weighted by molar-refractivity contribution is 0.611. The molecule has 0 aliphatic rings. The highest BCUT2D eigenvalue weighted by Crippen LogP contribution is 2.26. The molecule has 0 saturated heterocycles. The summed E-state index contributed by atoms with van der Waals surface area (Å²) in [5.41, 5.74) is 5.98. The largest absolute Gasteiger partial charge is 0.323 e. The Hall–Kier alpha value is 0.140. The van der Waals surface area contributed by atoms with E-state index in [0.29, 0.717) is 0 Å². The molecule has 0 aliphatic heterocycles.